The van der Waals surface area contributed by atoms with Crippen molar-refractivity contribution in [2.24, 2.45) is 7.05 Å². The smallest absolute Gasteiger partial charge is 0.182 e. The van der Waals surface area contributed by atoms with Gasteiger partial charge in [0.05, 0.1) is 6.33 Å². The molecule has 5 nitrogen and oxygen atoms in total. The Bertz CT molecular complexity index is 434. The molecule has 0 fully saturated rings. The first-order valence-corrected chi connectivity index (χ1v) is 4.69. The molecule has 0 saturated heterocycles. The molecule has 2 rings (SSSR count). The first kappa shape index (κ1) is 8.93. The Hall–Kier alpha value is -1.65. The maximum Gasteiger partial charge on any atom is 0.182 e. The molecule has 2 heterocycles. The lowest BCUT2D eigenvalue weighted by molar-refractivity contribution is 0.933. The second-order valence-corrected chi connectivity index (χ2v) is 3.18. The van der Waals surface area contributed by atoms with Crippen LogP contribution in [-0.4, -0.2) is 26.1 Å². The van der Waals surface area contributed by atoms with Gasteiger partial charge in [0.1, 0.15) is 11.8 Å². The Kier molecular flexibility index (Phi) is 2.30. The molecule has 0 radical (unpaired) electrons. The van der Waals surface area contributed by atoms with Crippen molar-refractivity contribution in [3.63, 3.8) is 0 Å². The van der Waals surface area contributed by atoms with E-state index in [0.717, 1.165) is 29.9 Å². The highest BCUT2D eigenvalue weighted by Crippen LogP contribution is 2.16. The summed E-state index contributed by atoms with van der Waals surface area (Å²) in [6.45, 7) is 3.03. The van der Waals surface area contributed by atoms with Gasteiger partial charge in [-0.1, -0.05) is 6.92 Å². The van der Waals surface area contributed by atoms with Crippen molar-refractivity contribution in [1.82, 2.24) is 19.5 Å². The van der Waals surface area contributed by atoms with Crippen LogP contribution in [0.25, 0.3) is 11.2 Å². The summed E-state index contributed by atoms with van der Waals surface area (Å²) in [6.07, 6.45) is 4.35. The first-order valence-electron chi connectivity index (χ1n) is 4.69. The third kappa shape index (κ3) is 1.41. The van der Waals surface area contributed by atoms with Crippen molar-refractivity contribution >= 4 is 17.0 Å². The highest BCUT2D eigenvalue weighted by atomic mass is 15.1. The second-order valence-electron chi connectivity index (χ2n) is 3.18. The zero-order valence-corrected chi connectivity index (χ0v) is 8.36. The topological polar surface area (TPSA) is 55.6 Å². The molecule has 0 aromatic carbocycles. The number of anilines is 1. The summed E-state index contributed by atoms with van der Waals surface area (Å²) in [5, 5.41) is 3.25. The molecular formula is C9H13N5. The number of nitrogens with one attached hydrogen (secondary N) is 1. The van der Waals surface area contributed by atoms with Crippen LogP contribution in [0.1, 0.15) is 13.3 Å². The summed E-state index contributed by atoms with van der Waals surface area (Å²) in [6, 6.07) is 0. The number of aryl methyl sites for hydroxylation is 1. The average molecular weight is 191 g/mol. The van der Waals surface area contributed by atoms with Gasteiger partial charge in [-0.3, -0.25) is 0 Å². The van der Waals surface area contributed by atoms with Crippen molar-refractivity contribution in [3.8, 4) is 0 Å². The highest BCUT2D eigenvalue weighted by molar-refractivity contribution is 5.82. The lowest BCUT2D eigenvalue weighted by atomic mass is 10.4. The maximum atomic E-state index is 4.19. The minimum absolute atomic E-state index is 0.737. The van der Waals surface area contributed by atoms with Crippen LogP contribution in [0.15, 0.2) is 12.7 Å². The number of imidazole rings is 1. The Morgan fingerprint density at radius 1 is 1.36 bits per heavy atom. The van der Waals surface area contributed by atoms with Crippen molar-refractivity contribution in [2.75, 3.05) is 11.9 Å². The fraction of sp³-hybridized carbons (Fsp3) is 0.444. The fourth-order valence-electron chi connectivity index (χ4n) is 1.36. The van der Waals surface area contributed by atoms with Gasteiger partial charge in [0, 0.05) is 13.6 Å². The van der Waals surface area contributed by atoms with Gasteiger partial charge in [-0.05, 0) is 6.42 Å². The molecule has 0 bridgehead atoms. The van der Waals surface area contributed by atoms with E-state index in [1.165, 1.54) is 6.33 Å². The van der Waals surface area contributed by atoms with Crippen LogP contribution < -0.4 is 5.32 Å². The molecule has 0 aliphatic rings. The van der Waals surface area contributed by atoms with Crippen LogP contribution in [0, 0.1) is 0 Å². The zero-order chi connectivity index (χ0) is 9.97. The van der Waals surface area contributed by atoms with E-state index < -0.39 is 0 Å². The van der Waals surface area contributed by atoms with Gasteiger partial charge in [0.15, 0.2) is 11.5 Å². The van der Waals surface area contributed by atoms with Gasteiger partial charge in [0.2, 0.25) is 0 Å². The third-order valence-corrected chi connectivity index (χ3v) is 2.05. The van der Waals surface area contributed by atoms with E-state index in [9.17, 15) is 0 Å². The van der Waals surface area contributed by atoms with E-state index in [2.05, 4.69) is 27.2 Å². The largest absolute Gasteiger partial charge is 0.368 e. The summed E-state index contributed by atoms with van der Waals surface area (Å²) in [5.74, 6) is 0.858. The lowest BCUT2D eigenvalue weighted by Crippen LogP contribution is -2.04. The highest BCUT2D eigenvalue weighted by Gasteiger charge is 2.06. The monoisotopic (exact) mass is 191 g/mol. The second kappa shape index (κ2) is 3.61. The number of nitrogens with zero attached hydrogens (tertiary/aromatic N) is 4. The molecule has 2 aromatic rings. The number of fused-ring (bicyclic) bond motifs is 1. The van der Waals surface area contributed by atoms with Gasteiger partial charge in [-0.15, -0.1) is 0 Å². The van der Waals surface area contributed by atoms with Gasteiger partial charge in [0.25, 0.3) is 0 Å². The van der Waals surface area contributed by atoms with E-state index in [1.807, 2.05) is 11.6 Å². The van der Waals surface area contributed by atoms with Crippen molar-refractivity contribution in [3.05, 3.63) is 12.7 Å². The van der Waals surface area contributed by atoms with E-state index in [0.29, 0.717) is 0 Å². The summed E-state index contributed by atoms with van der Waals surface area (Å²) in [5.41, 5.74) is 1.70. The number of hydrogen-bond donors (Lipinski definition) is 1. The summed E-state index contributed by atoms with van der Waals surface area (Å²) < 4.78 is 1.92. The molecular weight excluding hydrogens is 178 g/mol. The lowest BCUT2D eigenvalue weighted by Gasteiger charge is -2.05. The van der Waals surface area contributed by atoms with Crippen molar-refractivity contribution in [2.45, 2.75) is 13.3 Å². The molecule has 0 spiro atoms. The molecule has 14 heavy (non-hydrogen) atoms. The molecule has 0 atom stereocenters. The van der Waals surface area contributed by atoms with Crippen LogP contribution in [0.2, 0.25) is 0 Å². The summed E-state index contributed by atoms with van der Waals surface area (Å²) in [7, 11) is 1.94. The van der Waals surface area contributed by atoms with Crippen molar-refractivity contribution < 1.29 is 0 Å². The Morgan fingerprint density at radius 3 is 3.00 bits per heavy atom. The summed E-state index contributed by atoms with van der Waals surface area (Å²) in [4.78, 5) is 12.4. The molecule has 0 saturated carbocycles. The molecule has 1 N–H and O–H groups in total. The molecule has 0 amide bonds. The molecule has 5 heteroatoms. The standard InChI is InChI=1S/C9H13N5/c1-3-4-10-8-7-9(12-5-11-8)13-6-14(7)2/h5-6H,3-4H2,1-2H3,(H,10,11,12). The van der Waals surface area contributed by atoms with Crippen LogP contribution in [-0.2, 0) is 7.05 Å². The average Bonchev–Trinajstić information content (AvgIpc) is 2.58. The van der Waals surface area contributed by atoms with E-state index in [-0.39, 0.29) is 0 Å². The predicted octanol–water partition coefficient (Wildman–Crippen LogP) is 1.19. The Labute approximate surface area is 82.2 Å². The van der Waals surface area contributed by atoms with Gasteiger partial charge >= 0.3 is 0 Å². The van der Waals surface area contributed by atoms with Crippen LogP contribution in [0.4, 0.5) is 5.82 Å². The molecule has 74 valence electrons. The van der Waals surface area contributed by atoms with Crippen LogP contribution in [0.3, 0.4) is 0 Å². The number of rotatable bonds is 3. The quantitative estimate of drug-likeness (QED) is 0.791. The van der Waals surface area contributed by atoms with E-state index >= 15 is 0 Å². The third-order valence-electron chi connectivity index (χ3n) is 2.05. The Balaban J connectivity index is 2.46. The predicted molar refractivity (Wildman–Crippen MR) is 55.1 cm³/mol. The molecule has 0 aliphatic heterocycles. The minimum atomic E-state index is 0.737. The number of hydrogen-bond acceptors (Lipinski definition) is 4. The normalized spacial score (nSPS) is 10.7. The van der Waals surface area contributed by atoms with E-state index in [1.54, 1.807) is 6.33 Å². The van der Waals surface area contributed by atoms with Gasteiger partial charge < -0.3 is 9.88 Å². The van der Waals surface area contributed by atoms with Crippen molar-refractivity contribution in [1.29, 1.82) is 0 Å². The maximum absolute atomic E-state index is 4.19. The molecule has 2 aromatic heterocycles. The Morgan fingerprint density at radius 2 is 2.21 bits per heavy atom. The van der Waals surface area contributed by atoms with Gasteiger partial charge in [-0.2, -0.15) is 0 Å². The van der Waals surface area contributed by atoms with E-state index in [4.69, 9.17) is 0 Å². The van der Waals surface area contributed by atoms with Crippen LogP contribution >= 0.6 is 0 Å². The molecule has 0 unspecified atom stereocenters. The molecule has 0 aliphatic carbocycles. The minimum Gasteiger partial charge on any atom is -0.368 e. The zero-order valence-electron chi connectivity index (χ0n) is 8.36. The van der Waals surface area contributed by atoms with Gasteiger partial charge in [-0.25, -0.2) is 15.0 Å². The SMILES string of the molecule is CCCNc1ncnc2ncn(C)c12. The van der Waals surface area contributed by atoms with Crippen LogP contribution in [0.5, 0.6) is 0 Å². The fourth-order valence-corrected chi connectivity index (χ4v) is 1.36. The number of aromatic nitrogens is 4. The summed E-state index contributed by atoms with van der Waals surface area (Å²) >= 11 is 0. The first-order chi connectivity index (χ1) is 6.83.